The van der Waals surface area contributed by atoms with Crippen molar-refractivity contribution in [2.24, 2.45) is 0 Å². The summed E-state index contributed by atoms with van der Waals surface area (Å²) in [6.45, 7) is 3.81. The van der Waals surface area contributed by atoms with Crippen molar-refractivity contribution in [3.8, 4) is 11.3 Å². The van der Waals surface area contributed by atoms with E-state index in [9.17, 15) is 4.79 Å². The molecule has 18 heavy (non-hydrogen) atoms. The second-order valence-corrected chi connectivity index (χ2v) is 3.69. The molecule has 4 nitrogen and oxygen atoms in total. The third kappa shape index (κ3) is 3.60. The summed E-state index contributed by atoms with van der Waals surface area (Å²) in [5, 5.41) is 13.2. The van der Waals surface area contributed by atoms with E-state index in [-0.39, 0.29) is 6.54 Å². The van der Waals surface area contributed by atoms with Crippen molar-refractivity contribution in [2.45, 2.75) is 20.4 Å². The molecule has 0 fully saturated rings. The Kier molecular flexibility index (Phi) is 5.39. The fraction of sp³-hybridized carbons (Fsp3) is 0.231. The Morgan fingerprint density at radius 1 is 1.33 bits per heavy atom. The smallest absolute Gasteiger partial charge is 0.325 e. The van der Waals surface area contributed by atoms with Crippen LogP contribution in [0.3, 0.4) is 0 Å². The van der Waals surface area contributed by atoms with Crippen LogP contribution in [0.4, 0.5) is 0 Å². The van der Waals surface area contributed by atoms with Gasteiger partial charge in [0.2, 0.25) is 0 Å². The van der Waals surface area contributed by atoms with E-state index < -0.39 is 5.97 Å². The number of halogens is 1. The lowest BCUT2D eigenvalue weighted by molar-refractivity contribution is -0.137. The van der Waals surface area contributed by atoms with E-state index in [1.54, 1.807) is 0 Å². The molecule has 0 bridgehead atoms. The van der Waals surface area contributed by atoms with Crippen LogP contribution in [0.2, 0.25) is 5.02 Å². The summed E-state index contributed by atoms with van der Waals surface area (Å²) in [5.74, 6) is -0.946. The summed E-state index contributed by atoms with van der Waals surface area (Å²) >= 11 is 5.99. The minimum absolute atomic E-state index is 0.188. The molecule has 96 valence electrons. The lowest BCUT2D eigenvalue weighted by atomic mass is 10.2. The molecule has 1 aromatic heterocycles. The fourth-order valence-electron chi connectivity index (χ4n) is 1.41. The first-order valence-electron chi connectivity index (χ1n) is 5.67. The number of aromatic nitrogens is 2. The summed E-state index contributed by atoms with van der Waals surface area (Å²) in [7, 11) is 0. The third-order valence-corrected chi connectivity index (χ3v) is 2.34. The highest BCUT2D eigenvalue weighted by Crippen LogP contribution is 2.25. The first-order chi connectivity index (χ1) is 8.66. The van der Waals surface area contributed by atoms with Gasteiger partial charge in [-0.05, 0) is 0 Å². The quantitative estimate of drug-likeness (QED) is 0.927. The molecular formula is C13H15ClN2O2. The zero-order valence-corrected chi connectivity index (χ0v) is 11.1. The van der Waals surface area contributed by atoms with Crippen LogP contribution in [0.15, 0.2) is 36.5 Å². The van der Waals surface area contributed by atoms with Crippen LogP contribution < -0.4 is 0 Å². The molecule has 2 aromatic rings. The maximum atomic E-state index is 10.5. The molecule has 1 N–H and O–H groups in total. The molecule has 0 unspecified atom stereocenters. The lowest BCUT2D eigenvalue weighted by Crippen LogP contribution is -2.08. The molecule has 0 aliphatic heterocycles. The van der Waals surface area contributed by atoms with Crippen molar-refractivity contribution < 1.29 is 9.90 Å². The number of hydrogen-bond acceptors (Lipinski definition) is 2. The van der Waals surface area contributed by atoms with Gasteiger partial charge < -0.3 is 5.11 Å². The van der Waals surface area contributed by atoms with Crippen LogP contribution in [0.5, 0.6) is 0 Å². The van der Waals surface area contributed by atoms with Gasteiger partial charge in [-0.15, -0.1) is 0 Å². The average Bonchev–Trinajstić information content (AvgIpc) is 2.73. The van der Waals surface area contributed by atoms with Gasteiger partial charge in [-0.1, -0.05) is 55.8 Å². The van der Waals surface area contributed by atoms with Gasteiger partial charge in [0.15, 0.2) is 0 Å². The highest BCUT2D eigenvalue weighted by atomic mass is 35.5. The van der Waals surface area contributed by atoms with E-state index in [0.29, 0.717) is 10.7 Å². The Morgan fingerprint density at radius 2 is 1.94 bits per heavy atom. The normalized spacial score (nSPS) is 9.50. The minimum atomic E-state index is -0.946. The molecule has 0 saturated carbocycles. The summed E-state index contributed by atoms with van der Waals surface area (Å²) in [6, 6.07) is 9.40. The number of rotatable bonds is 3. The van der Waals surface area contributed by atoms with Crippen molar-refractivity contribution in [2.75, 3.05) is 0 Å². The molecule has 1 heterocycles. The Labute approximate surface area is 111 Å². The molecule has 0 aliphatic carbocycles. The van der Waals surface area contributed by atoms with Crippen molar-refractivity contribution in [3.63, 3.8) is 0 Å². The van der Waals surface area contributed by atoms with E-state index in [1.807, 2.05) is 44.2 Å². The van der Waals surface area contributed by atoms with Gasteiger partial charge in [-0.25, -0.2) is 0 Å². The first-order valence-corrected chi connectivity index (χ1v) is 6.05. The van der Waals surface area contributed by atoms with E-state index >= 15 is 0 Å². The molecule has 0 amide bonds. The molecule has 0 radical (unpaired) electrons. The number of carboxylic acid groups (broad SMARTS) is 1. The highest BCUT2D eigenvalue weighted by molar-refractivity contribution is 6.33. The van der Waals surface area contributed by atoms with Gasteiger partial charge in [-0.2, -0.15) is 5.10 Å². The van der Waals surface area contributed by atoms with Crippen LogP contribution in [0.1, 0.15) is 13.8 Å². The zero-order valence-electron chi connectivity index (χ0n) is 10.3. The summed E-state index contributed by atoms with van der Waals surface area (Å²) in [5.41, 5.74) is 1.47. The van der Waals surface area contributed by atoms with Gasteiger partial charge in [0, 0.05) is 11.8 Å². The van der Waals surface area contributed by atoms with Crippen molar-refractivity contribution in [1.82, 2.24) is 9.78 Å². The maximum absolute atomic E-state index is 10.5. The Balaban J connectivity index is 0.000000771. The number of hydrogen-bond donors (Lipinski definition) is 1. The van der Waals surface area contributed by atoms with Crippen LogP contribution in [-0.4, -0.2) is 20.9 Å². The van der Waals surface area contributed by atoms with Crippen molar-refractivity contribution >= 4 is 17.6 Å². The van der Waals surface area contributed by atoms with E-state index in [4.69, 9.17) is 16.7 Å². The lowest BCUT2D eigenvalue weighted by Gasteiger charge is -1.96. The second kappa shape index (κ2) is 6.81. The van der Waals surface area contributed by atoms with Crippen LogP contribution in [-0.2, 0) is 11.3 Å². The minimum Gasteiger partial charge on any atom is -0.480 e. The van der Waals surface area contributed by atoms with Gasteiger partial charge >= 0.3 is 5.97 Å². The van der Waals surface area contributed by atoms with Crippen molar-refractivity contribution in [1.29, 1.82) is 0 Å². The fourth-order valence-corrected chi connectivity index (χ4v) is 1.67. The predicted octanol–water partition coefficient (Wildman–Crippen LogP) is 3.31. The van der Waals surface area contributed by atoms with Gasteiger partial charge in [0.25, 0.3) is 0 Å². The number of nitrogens with zero attached hydrogens (tertiary/aromatic N) is 2. The predicted molar refractivity (Wildman–Crippen MR) is 71.7 cm³/mol. The van der Waals surface area contributed by atoms with Crippen LogP contribution in [0.25, 0.3) is 11.3 Å². The number of carbonyl (C=O) groups is 1. The molecule has 2 rings (SSSR count). The number of benzene rings is 1. The van der Waals surface area contributed by atoms with Crippen molar-refractivity contribution in [3.05, 3.63) is 41.6 Å². The summed E-state index contributed by atoms with van der Waals surface area (Å²) < 4.78 is 1.31. The Morgan fingerprint density at radius 3 is 2.50 bits per heavy atom. The van der Waals surface area contributed by atoms with E-state index in [1.165, 1.54) is 10.9 Å². The monoisotopic (exact) mass is 266 g/mol. The topological polar surface area (TPSA) is 55.1 Å². The Hall–Kier alpha value is -1.81. The molecule has 0 saturated heterocycles. The largest absolute Gasteiger partial charge is 0.480 e. The van der Waals surface area contributed by atoms with Gasteiger partial charge in [0.05, 0.1) is 5.02 Å². The summed E-state index contributed by atoms with van der Waals surface area (Å²) in [6.07, 6.45) is 1.51. The number of carboxylic acids is 1. The van der Waals surface area contributed by atoms with Crippen LogP contribution >= 0.6 is 11.6 Å². The second-order valence-electron chi connectivity index (χ2n) is 3.28. The van der Waals surface area contributed by atoms with E-state index in [2.05, 4.69) is 5.10 Å². The molecule has 0 atom stereocenters. The standard InChI is InChI=1S/C11H9ClN2O2.C2H6/c12-9-6-14(7-10(15)16)13-11(9)8-4-2-1-3-5-8;1-2/h1-6H,7H2,(H,15,16);1-2H3. The van der Waals surface area contributed by atoms with Crippen LogP contribution in [0, 0.1) is 0 Å². The molecule has 5 heteroatoms. The Bertz CT molecular complexity index is 509. The SMILES string of the molecule is CC.O=C(O)Cn1cc(Cl)c(-c2ccccc2)n1. The van der Waals surface area contributed by atoms with Gasteiger partial charge in [0.1, 0.15) is 12.2 Å². The number of aliphatic carboxylic acids is 1. The average molecular weight is 267 g/mol. The molecule has 1 aromatic carbocycles. The zero-order chi connectivity index (χ0) is 13.5. The molecular weight excluding hydrogens is 252 g/mol. The maximum Gasteiger partial charge on any atom is 0.325 e. The van der Waals surface area contributed by atoms with Gasteiger partial charge in [-0.3, -0.25) is 9.48 Å². The molecule has 0 aliphatic rings. The summed E-state index contributed by atoms with van der Waals surface area (Å²) in [4.78, 5) is 10.5. The third-order valence-electron chi connectivity index (χ3n) is 2.06. The van der Waals surface area contributed by atoms with E-state index in [0.717, 1.165) is 5.56 Å². The first kappa shape index (κ1) is 14.3. The molecule has 0 spiro atoms. The highest BCUT2D eigenvalue weighted by Gasteiger charge is 2.10.